The molecule has 1 atom stereocenters. The minimum Gasteiger partial charge on any atom is -0.339 e. The number of allylic oxidation sites excluding steroid dienone is 2. The third kappa shape index (κ3) is 4.06. The molecule has 0 N–H and O–H groups in total. The molecular formula is C17H26N2O2. The van der Waals surface area contributed by atoms with Gasteiger partial charge in [0, 0.05) is 25.7 Å². The maximum absolute atomic E-state index is 11.9. The summed E-state index contributed by atoms with van der Waals surface area (Å²) >= 11 is 0. The van der Waals surface area contributed by atoms with Gasteiger partial charge in [0.2, 0.25) is 5.91 Å². The maximum atomic E-state index is 11.9. The van der Waals surface area contributed by atoms with Gasteiger partial charge in [-0.2, -0.15) is 0 Å². The second-order valence-corrected chi connectivity index (χ2v) is 5.34. The third-order valence-corrected chi connectivity index (χ3v) is 3.87. The van der Waals surface area contributed by atoms with Crippen LogP contribution in [0.1, 0.15) is 40.0 Å². The quantitative estimate of drug-likeness (QED) is 0.558. The molecule has 0 aromatic heterocycles. The Hall–Kier alpha value is -1.84. The number of hydrogen-bond donors (Lipinski definition) is 0. The molecule has 0 aromatic carbocycles. The third-order valence-electron chi connectivity index (χ3n) is 3.87. The van der Waals surface area contributed by atoms with Gasteiger partial charge >= 0.3 is 0 Å². The van der Waals surface area contributed by atoms with Crippen LogP contribution in [0.3, 0.4) is 0 Å². The lowest BCUT2D eigenvalue weighted by molar-refractivity contribution is -0.128. The Bertz CT molecular complexity index is 465. The van der Waals surface area contributed by atoms with Crippen molar-refractivity contribution in [2.75, 3.05) is 13.1 Å². The molecule has 1 amide bonds. The van der Waals surface area contributed by atoms with Crippen molar-refractivity contribution >= 4 is 11.7 Å². The molecule has 0 radical (unpaired) electrons. The Morgan fingerprint density at radius 2 is 2.05 bits per heavy atom. The van der Waals surface area contributed by atoms with Crippen molar-refractivity contribution in [3.05, 3.63) is 36.7 Å². The molecule has 0 aromatic rings. The lowest BCUT2D eigenvalue weighted by Crippen LogP contribution is -2.51. The highest BCUT2D eigenvalue weighted by Gasteiger charge is 2.31. The van der Waals surface area contributed by atoms with Crippen LogP contribution in [-0.4, -0.2) is 40.6 Å². The van der Waals surface area contributed by atoms with Crippen LogP contribution in [0.5, 0.6) is 0 Å². The van der Waals surface area contributed by atoms with E-state index in [0.29, 0.717) is 18.8 Å². The maximum Gasteiger partial charge on any atom is 0.246 e. The first-order valence-electron chi connectivity index (χ1n) is 7.54. The minimum atomic E-state index is -0.127. The summed E-state index contributed by atoms with van der Waals surface area (Å²) in [6.07, 6.45) is 6.37. The molecule has 4 nitrogen and oxygen atoms in total. The van der Waals surface area contributed by atoms with E-state index in [4.69, 9.17) is 0 Å². The molecule has 1 aliphatic rings. The van der Waals surface area contributed by atoms with Crippen LogP contribution in [0, 0.1) is 0 Å². The van der Waals surface area contributed by atoms with E-state index in [1.165, 1.54) is 6.08 Å². The molecule has 1 aliphatic heterocycles. The highest BCUT2D eigenvalue weighted by atomic mass is 16.2. The van der Waals surface area contributed by atoms with E-state index in [1.807, 2.05) is 17.9 Å². The topological polar surface area (TPSA) is 40.6 Å². The number of carbonyl (C=O) groups is 2. The number of Topliss-reactive ketones (excluding diaryl/α,β-unsaturated/α-hetero) is 1. The van der Waals surface area contributed by atoms with Gasteiger partial charge in [-0.25, -0.2) is 0 Å². The highest BCUT2D eigenvalue weighted by molar-refractivity contribution is 5.93. The van der Waals surface area contributed by atoms with Crippen LogP contribution in [0.15, 0.2) is 36.7 Å². The van der Waals surface area contributed by atoms with E-state index in [0.717, 1.165) is 25.0 Å². The first-order chi connectivity index (χ1) is 9.93. The summed E-state index contributed by atoms with van der Waals surface area (Å²) in [5.74, 6) is -0.0504. The molecule has 0 bridgehead atoms. The van der Waals surface area contributed by atoms with Crippen LogP contribution < -0.4 is 0 Å². The van der Waals surface area contributed by atoms with Gasteiger partial charge < -0.3 is 9.80 Å². The van der Waals surface area contributed by atoms with Gasteiger partial charge in [-0.3, -0.25) is 9.59 Å². The van der Waals surface area contributed by atoms with E-state index < -0.39 is 0 Å². The Labute approximate surface area is 127 Å². The van der Waals surface area contributed by atoms with Gasteiger partial charge in [-0.1, -0.05) is 32.6 Å². The summed E-state index contributed by atoms with van der Waals surface area (Å²) in [6.45, 7) is 14.4. The predicted molar refractivity (Wildman–Crippen MR) is 85.5 cm³/mol. The summed E-state index contributed by atoms with van der Waals surface area (Å²) in [6, 6.07) is -0.127. The highest BCUT2D eigenvalue weighted by Crippen LogP contribution is 2.24. The number of hydrogen-bond acceptors (Lipinski definition) is 3. The van der Waals surface area contributed by atoms with Crippen molar-refractivity contribution in [1.82, 2.24) is 9.80 Å². The molecule has 0 aliphatic carbocycles. The Morgan fingerprint density at radius 1 is 1.38 bits per heavy atom. The molecule has 0 spiro atoms. The number of piperazine rings is 1. The van der Waals surface area contributed by atoms with Crippen LogP contribution in [0.4, 0.5) is 0 Å². The predicted octanol–water partition coefficient (Wildman–Crippen LogP) is 2.88. The van der Waals surface area contributed by atoms with Crippen molar-refractivity contribution in [2.24, 2.45) is 0 Å². The molecule has 4 heteroatoms. The van der Waals surface area contributed by atoms with E-state index in [1.54, 1.807) is 11.8 Å². The second-order valence-electron chi connectivity index (χ2n) is 5.34. The molecular weight excluding hydrogens is 264 g/mol. The standard InChI is InChI=1S/C17H26N2O2/c1-6-8-9-10-16(15(5)20)18-11-12-19(17(21)7-2)14(4)13(18)3/h7,10,14H,2-3,6,8-9,11-12H2,1,4-5H3/b16-10-. The molecule has 1 heterocycles. The van der Waals surface area contributed by atoms with Crippen LogP contribution in [0.25, 0.3) is 0 Å². The van der Waals surface area contributed by atoms with Gasteiger partial charge in [0.05, 0.1) is 11.7 Å². The van der Waals surface area contributed by atoms with Crippen molar-refractivity contribution in [3.63, 3.8) is 0 Å². The molecule has 1 saturated heterocycles. The summed E-state index contributed by atoms with van der Waals surface area (Å²) in [4.78, 5) is 27.4. The van der Waals surface area contributed by atoms with Gasteiger partial charge in [-0.15, -0.1) is 0 Å². The zero-order valence-corrected chi connectivity index (χ0v) is 13.4. The molecule has 1 rings (SSSR count). The monoisotopic (exact) mass is 290 g/mol. The van der Waals surface area contributed by atoms with Gasteiger partial charge in [-0.05, 0) is 25.8 Å². The van der Waals surface area contributed by atoms with Gasteiger partial charge in [0.15, 0.2) is 5.78 Å². The zero-order chi connectivity index (χ0) is 16.0. The van der Waals surface area contributed by atoms with E-state index in [-0.39, 0.29) is 17.7 Å². The number of amides is 1. The molecule has 1 fully saturated rings. The molecule has 116 valence electrons. The number of carbonyl (C=O) groups excluding carboxylic acids is 2. The normalized spacial score (nSPS) is 19.7. The fraction of sp³-hybridized carbons (Fsp3) is 0.529. The zero-order valence-electron chi connectivity index (χ0n) is 13.4. The van der Waals surface area contributed by atoms with Crippen molar-refractivity contribution < 1.29 is 9.59 Å². The molecule has 21 heavy (non-hydrogen) atoms. The largest absolute Gasteiger partial charge is 0.339 e. The summed E-state index contributed by atoms with van der Waals surface area (Å²) in [5.41, 5.74) is 1.49. The average Bonchev–Trinajstić information content (AvgIpc) is 2.46. The lowest BCUT2D eigenvalue weighted by Gasteiger charge is -2.42. The fourth-order valence-corrected chi connectivity index (χ4v) is 2.53. The number of unbranched alkanes of at least 4 members (excludes halogenated alkanes) is 2. The summed E-state index contributed by atoms with van der Waals surface area (Å²) in [5, 5.41) is 0. The lowest BCUT2D eigenvalue weighted by atomic mass is 10.1. The first kappa shape index (κ1) is 17.2. The summed E-state index contributed by atoms with van der Waals surface area (Å²) < 4.78 is 0. The number of nitrogens with zero attached hydrogens (tertiary/aromatic N) is 2. The number of rotatable bonds is 6. The Balaban J connectivity index is 2.91. The van der Waals surface area contributed by atoms with Crippen molar-refractivity contribution in [1.29, 1.82) is 0 Å². The second kappa shape index (κ2) is 7.81. The molecule has 0 saturated carbocycles. The van der Waals surface area contributed by atoms with Crippen molar-refractivity contribution in [2.45, 2.75) is 46.1 Å². The Morgan fingerprint density at radius 3 is 2.57 bits per heavy atom. The number of ketones is 1. The smallest absolute Gasteiger partial charge is 0.246 e. The first-order valence-corrected chi connectivity index (χ1v) is 7.54. The van der Waals surface area contributed by atoms with Crippen LogP contribution >= 0.6 is 0 Å². The van der Waals surface area contributed by atoms with Crippen molar-refractivity contribution in [3.8, 4) is 0 Å². The summed E-state index contributed by atoms with van der Waals surface area (Å²) in [7, 11) is 0. The SMILES string of the molecule is C=CC(=O)N1CCN(/C(=C\CCCC)C(C)=O)C(=C)C1C. The van der Waals surface area contributed by atoms with E-state index in [2.05, 4.69) is 20.1 Å². The minimum absolute atomic E-state index is 0.0444. The van der Waals surface area contributed by atoms with Gasteiger partial charge in [0.1, 0.15) is 0 Å². The van der Waals surface area contributed by atoms with Crippen LogP contribution in [0.2, 0.25) is 0 Å². The van der Waals surface area contributed by atoms with Gasteiger partial charge in [0.25, 0.3) is 0 Å². The van der Waals surface area contributed by atoms with E-state index in [9.17, 15) is 9.59 Å². The average molecular weight is 290 g/mol. The van der Waals surface area contributed by atoms with E-state index >= 15 is 0 Å². The van der Waals surface area contributed by atoms with Crippen LogP contribution in [-0.2, 0) is 9.59 Å². The fourth-order valence-electron chi connectivity index (χ4n) is 2.53. The molecule has 1 unspecified atom stereocenters. The Kier molecular flexibility index (Phi) is 6.40.